The third-order valence-corrected chi connectivity index (χ3v) is 3.92. The second kappa shape index (κ2) is 5.19. The highest BCUT2D eigenvalue weighted by Crippen LogP contribution is 2.38. The van der Waals surface area contributed by atoms with Crippen molar-refractivity contribution in [2.75, 3.05) is 0 Å². The molecule has 1 fully saturated rings. The summed E-state index contributed by atoms with van der Waals surface area (Å²) in [6.45, 7) is 1.55. The summed E-state index contributed by atoms with van der Waals surface area (Å²) in [4.78, 5) is 23.3. The zero-order valence-corrected chi connectivity index (χ0v) is 11.0. The Labute approximate surface area is 114 Å². The number of carbonyl (C=O) groups excluding carboxylic acids is 1. The fraction of sp³-hybridized carbons (Fsp3) is 0.429. The zero-order chi connectivity index (χ0) is 14.9. The van der Waals surface area contributed by atoms with Gasteiger partial charge in [0.1, 0.15) is 11.6 Å². The zero-order valence-electron chi connectivity index (χ0n) is 11.0. The molecule has 0 aliphatic heterocycles. The van der Waals surface area contributed by atoms with E-state index in [2.05, 4.69) is 5.32 Å². The van der Waals surface area contributed by atoms with E-state index < -0.39 is 40.5 Å². The number of benzene rings is 1. The van der Waals surface area contributed by atoms with Gasteiger partial charge in [0.15, 0.2) is 0 Å². The Morgan fingerprint density at radius 2 is 2.10 bits per heavy atom. The highest BCUT2D eigenvalue weighted by Gasteiger charge is 2.46. The van der Waals surface area contributed by atoms with Crippen LogP contribution in [0.3, 0.4) is 0 Å². The van der Waals surface area contributed by atoms with Crippen molar-refractivity contribution in [2.45, 2.75) is 32.2 Å². The van der Waals surface area contributed by atoms with E-state index in [9.17, 15) is 23.5 Å². The van der Waals surface area contributed by atoms with Crippen molar-refractivity contribution in [1.29, 1.82) is 0 Å². The maximum atomic E-state index is 13.5. The number of carbonyl (C=O) groups is 2. The molecule has 2 atom stereocenters. The first-order chi connectivity index (χ1) is 9.34. The first-order valence-corrected chi connectivity index (χ1v) is 6.34. The van der Waals surface area contributed by atoms with Gasteiger partial charge >= 0.3 is 5.97 Å². The van der Waals surface area contributed by atoms with E-state index in [1.54, 1.807) is 6.92 Å². The summed E-state index contributed by atoms with van der Waals surface area (Å²) in [5.41, 5.74) is -1.48. The molecule has 2 unspecified atom stereocenters. The molecule has 4 nitrogen and oxygen atoms in total. The molecule has 1 aliphatic carbocycles. The molecule has 0 aromatic heterocycles. The Balaban J connectivity index is 2.19. The molecule has 20 heavy (non-hydrogen) atoms. The van der Waals surface area contributed by atoms with Crippen molar-refractivity contribution in [1.82, 2.24) is 5.32 Å². The number of halogens is 2. The Hall–Kier alpha value is -1.98. The first kappa shape index (κ1) is 14.4. The third kappa shape index (κ3) is 2.50. The molecule has 6 heteroatoms. The summed E-state index contributed by atoms with van der Waals surface area (Å²) >= 11 is 0. The van der Waals surface area contributed by atoms with Crippen molar-refractivity contribution >= 4 is 11.9 Å². The van der Waals surface area contributed by atoms with Gasteiger partial charge in [0, 0.05) is 6.04 Å². The summed E-state index contributed by atoms with van der Waals surface area (Å²) in [5, 5.41) is 11.7. The molecule has 2 N–H and O–H groups in total. The molecule has 0 bridgehead atoms. The fourth-order valence-corrected chi connectivity index (χ4v) is 2.56. The number of carboxylic acid groups (broad SMARTS) is 1. The van der Waals surface area contributed by atoms with Gasteiger partial charge in [0.05, 0.1) is 11.0 Å². The number of hydrogen-bond acceptors (Lipinski definition) is 2. The van der Waals surface area contributed by atoms with Gasteiger partial charge in [0.25, 0.3) is 5.91 Å². The van der Waals surface area contributed by atoms with Crippen molar-refractivity contribution in [3.05, 3.63) is 35.4 Å². The number of rotatable bonds is 3. The standard InChI is InChI=1S/C14H15F2NO3/c1-14(13(19)20)6-2-3-11(14)17-12(18)9-7-8(15)4-5-10(9)16/h4-5,7,11H,2-3,6H2,1H3,(H,17,18)(H,19,20). The lowest BCUT2D eigenvalue weighted by Gasteiger charge is -2.27. The molecule has 1 saturated carbocycles. The van der Waals surface area contributed by atoms with Crippen LogP contribution in [0.2, 0.25) is 0 Å². The Morgan fingerprint density at radius 3 is 2.75 bits per heavy atom. The molecule has 0 radical (unpaired) electrons. The highest BCUT2D eigenvalue weighted by molar-refractivity contribution is 5.95. The molecule has 2 rings (SSSR count). The van der Waals surface area contributed by atoms with Crippen molar-refractivity contribution < 1.29 is 23.5 Å². The lowest BCUT2D eigenvalue weighted by atomic mass is 9.85. The van der Waals surface area contributed by atoms with Crippen LogP contribution in [0, 0.1) is 17.0 Å². The molecule has 1 aromatic carbocycles. The predicted octanol–water partition coefficient (Wildman–Crippen LogP) is 2.34. The number of amides is 1. The molecule has 108 valence electrons. The monoisotopic (exact) mass is 283 g/mol. The van der Waals surface area contributed by atoms with Crippen LogP contribution in [0.4, 0.5) is 8.78 Å². The molecule has 0 heterocycles. The Bertz CT molecular complexity index is 561. The first-order valence-electron chi connectivity index (χ1n) is 6.34. The van der Waals surface area contributed by atoms with Crippen LogP contribution in [-0.4, -0.2) is 23.0 Å². The molecule has 1 aromatic rings. The molecule has 0 saturated heterocycles. The van der Waals surface area contributed by atoms with Gasteiger partial charge in [-0.15, -0.1) is 0 Å². The van der Waals surface area contributed by atoms with Gasteiger partial charge in [-0.2, -0.15) is 0 Å². The van der Waals surface area contributed by atoms with E-state index in [4.69, 9.17) is 0 Å². The van der Waals surface area contributed by atoms with Crippen LogP contribution in [0.1, 0.15) is 36.5 Å². The Morgan fingerprint density at radius 1 is 1.40 bits per heavy atom. The molecule has 1 amide bonds. The normalized spacial score (nSPS) is 25.4. The summed E-state index contributed by atoms with van der Waals surface area (Å²) in [5.74, 6) is -3.34. The molecular formula is C14H15F2NO3. The largest absolute Gasteiger partial charge is 0.481 e. The van der Waals surface area contributed by atoms with E-state index >= 15 is 0 Å². The second-order valence-corrected chi connectivity index (χ2v) is 5.27. The molecule has 1 aliphatic rings. The minimum absolute atomic E-state index is 0.412. The minimum atomic E-state index is -1.07. The topological polar surface area (TPSA) is 66.4 Å². The highest BCUT2D eigenvalue weighted by atomic mass is 19.1. The van der Waals surface area contributed by atoms with Crippen LogP contribution in [0.5, 0.6) is 0 Å². The quantitative estimate of drug-likeness (QED) is 0.894. The van der Waals surface area contributed by atoms with E-state index in [-0.39, 0.29) is 0 Å². The van der Waals surface area contributed by atoms with Crippen molar-refractivity contribution in [3.63, 3.8) is 0 Å². The van der Waals surface area contributed by atoms with Crippen LogP contribution in [-0.2, 0) is 4.79 Å². The molecule has 0 spiro atoms. The van der Waals surface area contributed by atoms with Gasteiger partial charge in [-0.05, 0) is 38.0 Å². The van der Waals surface area contributed by atoms with Gasteiger partial charge in [-0.25, -0.2) is 8.78 Å². The number of aliphatic carboxylic acids is 1. The van der Waals surface area contributed by atoms with E-state index in [1.807, 2.05) is 0 Å². The Kier molecular flexibility index (Phi) is 3.74. The van der Waals surface area contributed by atoms with E-state index in [0.717, 1.165) is 18.2 Å². The number of nitrogens with one attached hydrogen (secondary N) is 1. The SMILES string of the molecule is CC1(C(=O)O)CCCC1NC(=O)c1cc(F)ccc1F. The van der Waals surface area contributed by atoms with Crippen molar-refractivity contribution in [2.24, 2.45) is 5.41 Å². The van der Waals surface area contributed by atoms with Gasteiger partial charge in [-0.1, -0.05) is 6.42 Å². The minimum Gasteiger partial charge on any atom is -0.481 e. The van der Waals surface area contributed by atoms with Gasteiger partial charge < -0.3 is 10.4 Å². The summed E-state index contributed by atoms with van der Waals surface area (Å²) in [6, 6.07) is 2.01. The van der Waals surface area contributed by atoms with E-state index in [1.165, 1.54) is 0 Å². The smallest absolute Gasteiger partial charge is 0.311 e. The van der Waals surface area contributed by atoms with Crippen LogP contribution in [0.15, 0.2) is 18.2 Å². The summed E-state index contributed by atoms with van der Waals surface area (Å²) in [6.07, 6.45) is 1.61. The van der Waals surface area contributed by atoms with Crippen LogP contribution in [0.25, 0.3) is 0 Å². The van der Waals surface area contributed by atoms with E-state index in [0.29, 0.717) is 19.3 Å². The van der Waals surface area contributed by atoms with Crippen LogP contribution >= 0.6 is 0 Å². The maximum Gasteiger partial charge on any atom is 0.311 e. The van der Waals surface area contributed by atoms with Crippen LogP contribution < -0.4 is 5.32 Å². The average molecular weight is 283 g/mol. The summed E-state index contributed by atoms with van der Waals surface area (Å²) in [7, 11) is 0. The predicted molar refractivity (Wildman–Crippen MR) is 67.2 cm³/mol. The van der Waals surface area contributed by atoms with Crippen molar-refractivity contribution in [3.8, 4) is 0 Å². The lowest BCUT2D eigenvalue weighted by molar-refractivity contribution is -0.148. The fourth-order valence-electron chi connectivity index (χ4n) is 2.56. The van der Waals surface area contributed by atoms with Gasteiger partial charge in [-0.3, -0.25) is 9.59 Å². The van der Waals surface area contributed by atoms with Gasteiger partial charge in [0.2, 0.25) is 0 Å². The summed E-state index contributed by atoms with van der Waals surface area (Å²) < 4.78 is 26.6. The molecular weight excluding hydrogens is 268 g/mol. The maximum absolute atomic E-state index is 13.5. The third-order valence-electron chi connectivity index (χ3n) is 3.92. The number of carboxylic acids is 1. The average Bonchev–Trinajstić information content (AvgIpc) is 2.75. The second-order valence-electron chi connectivity index (χ2n) is 5.27. The number of hydrogen-bond donors (Lipinski definition) is 2. The lowest BCUT2D eigenvalue weighted by Crippen LogP contribution is -2.47.